The molecule has 3 aromatic carbocycles. The molecule has 0 radical (unpaired) electrons. The number of carbonyl (C=O) groups excluding carboxylic acids is 1. The van der Waals surface area contributed by atoms with E-state index in [0.29, 0.717) is 52.6 Å². The molecular formula is C39H41ClFN7O4. The Labute approximate surface area is 306 Å². The minimum atomic E-state index is -0.750. The lowest BCUT2D eigenvalue weighted by Gasteiger charge is -2.34. The summed E-state index contributed by atoms with van der Waals surface area (Å²) in [4.78, 5) is 33.1. The summed E-state index contributed by atoms with van der Waals surface area (Å²) in [5, 5.41) is 6.31. The van der Waals surface area contributed by atoms with Gasteiger partial charge in [0.25, 0.3) is 0 Å². The Bertz CT molecular complexity index is 2100. The topological polar surface area (TPSA) is 105 Å². The normalized spacial score (nSPS) is 21.7. The van der Waals surface area contributed by atoms with Crippen LogP contribution in [0.3, 0.4) is 0 Å². The van der Waals surface area contributed by atoms with Gasteiger partial charge in [0.2, 0.25) is 0 Å². The van der Waals surface area contributed by atoms with Crippen molar-refractivity contribution in [3.05, 3.63) is 83.3 Å². The predicted molar refractivity (Wildman–Crippen MR) is 199 cm³/mol. The molecule has 4 atom stereocenters. The Kier molecular flexibility index (Phi) is 9.56. The molecule has 3 unspecified atom stereocenters. The van der Waals surface area contributed by atoms with Gasteiger partial charge in [-0.15, -0.1) is 0 Å². The number of nitrogens with zero attached hydrogens (tertiary/aromatic N) is 6. The van der Waals surface area contributed by atoms with E-state index in [1.807, 2.05) is 63.6 Å². The van der Waals surface area contributed by atoms with E-state index in [4.69, 9.17) is 30.8 Å². The van der Waals surface area contributed by atoms with Crippen LogP contribution < -0.4 is 19.7 Å². The van der Waals surface area contributed by atoms with Crippen LogP contribution in [-0.2, 0) is 11.3 Å². The first-order valence-electron chi connectivity index (χ1n) is 17.7. The summed E-state index contributed by atoms with van der Waals surface area (Å²) in [5.74, 6) is 0.467. The Morgan fingerprint density at radius 2 is 1.77 bits per heavy atom. The lowest BCUT2D eigenvalue weighted by Crippen LogP contribution is -2.51. The number of carbonyl (C=O) groups is 1. The number of hydrogen-bond donors (Lipinski definition) is 1. The summed E-state index contributed by atoms with van der Waals surface area (Å²) in [6.07, 6.45) is 3.22. The van der Waals surface area contributed by atoms with Crippen molar-refractivity contribution in [1.29, 1.82) is 0 Å². The van der Waals surface area contributed by atoms with Gasteiger partial charge in [-0.05, 0) is 63.1 Å². The summed E-state index contributed by atoms with van der Waals surface area (Å²) >= 11 is 6.63. The number of aromatic nitrogens is 3. The minimum absolute atomic E-state index is 0.0790. The third-order valence-corrected chi connectivity index (χ3v) is 10.5. The van der Waals surface area contributed by atoms with Crippen LogP contribution in [0.15, 0.2) is 66.9 Å². The van der Waals surface area contributed by atoms with Crippen molar-refractivity contribution in [2.45, 2.75) is 50.0 Å². The highest BCUT2D eigenvalue weighted by Crippen LogP contribution is 2.38. The highest BCUT2D eigenvalue weighted by atomic mass is 35.5. The van der Waals surface area contributed by atoms with Gasteiger partial charge in [-0.2, -0.15) is 9.97 Å². The van der Waals surface area contributed by atoms with Crippen LogP contribution in [0.4, 0.5) is 15.0 Å². The molecule has 1 N–H and O–H groups in total. The highest BCUT2D eigenvalue weighted by molar-refractivity contribution is 6.36. The summed E-state index contributed by atoms with van der Waals surface area (Å²) in [6.45, 7) is 3.00. The molecule has 52 heavy (non-hydrogen) atoms. The number of likely N-dealkylation sites (N-methyl/N-ethyl adjacent to an activating group) is 1. The molecule has 13 heteroatoms. The number of anilines is 1. The molecule has 3 saturated heterocycles. The number of nitrogens with one attached hydrogen (secondary N) is 1. The van der Waals surface area contributed by atoms with Gasteiger partial charge in [0.15, 0.2) is 5.82 Å². The first-order chi connectivity index (χ1) is 25.2. The molecule has 3 fully saturated rings. The van der Waals surface area contributed by atoms with Crippen LogP contribution in [0.5, 0.6) is 11.8 Å². The number of ether oxygens (including phenoxy) is 3. The fourth-order valence-corrected chi connectivity index (χ4v) is 8.03. The van der Waals surface area contributed by atoms with E-state index in [2.05, 4.69) is 30.0 Å². The summed E-state index contributed by atoms with van der Waals surface area (Å²) in [7, 11) is 5.94. The monoisotopic (exact) mass is 725 g/mol. The number of benzene rings is 3. The van der Waals surface area contributed by atoms with Crippen LogP contribution in [0.2, 0.25) is 5.02 Å². The van der Waals surface area contributed by atoms with Crippen LogP contribution in [-0.4, -0.2) is 103 Å². The molecule has 2 aromatic heterocycles. The SMILES string of the molecule is CN(C)Cc1ccc(OC(=O)O[C@@H]2CC(COc3nc(N4CC5CCC(C4)N5)c4cnc(-c5cccc6cccc(Cl)c56)c(F)c4n3)N(C)C2)cc1. The number of fused-ring (bicyclic) bond motifs is 4. The number of likely N-dealkylation sites (tertiary alicyclic amines) is 1. The van der Waals surface area contributed by atoms with Crippen molar-refractivity contribution >= 4 is 45.2 Å². The second-order valence-corrected chi connectivity index (χ2v) is 14.7. The summed E-state index contributed by atoms with van der Waals surface area (Å²) in [6, 6.07) is 19.3. The molecule has 3 aliphatic heterocycles. The van der Waals surface area contributed by atoms with E-state index in [0.717, 1.165) is 48.8 Å². The fraction of sp³-hybridized carbons (Fsp3) is 0.385. The van der Waals surface area contributed by atoms with Gasteiger partial charge >= 0.3 is 12.2 Å². The Morgan fingerprint density at radius 3 is 2.52 bits per heavy atom. The van der Waals surface area contributed by atoms with Crippen LogP contribution in [0.25, 0.3) is 32.9 Å². The van der Waals surface area contributed by atoms with Crippen LogP contribution >= 0.6 is 11.6 Å². The molecule has 0 spiro atoms. The average Bonchev–Trinajstić information content (AvgIpc) is 3.66. The van der Waals surface area contributed by atoms with Gasteiger partial charge < -0.3 is 29.3 Å². The van der Waals surface area contributed by atoms with E-state index in [1.54, 1.807) is 24.4 Å². The maximum absolute atomic E-state index is 16.8. The molecule has 8 rings (SSSR count). The van der Waals surface area contributed by atoms with Gasteiger partial charge in [0, 0.05) is 72.9 Å². The van der Waals surface area contributed by atoms with E-state index in [-0.39, 0.29) is 36.0 Å². The largest absolute Gasteiger partial charge is 0.514 e. The zero-order chi connectivity index (χ0) is 35.9. The second kappa shape index (κ2) is 14.4. The zero-order valence-electron chi connectivity index (χ0n) is 29.4. The van der Waals surface area contributed by atoms with Crippen molar-refractivity contribution in [3.8, 4) is 23.0 Å². The third kappa shape index (κ3) is 7.08. The van der Waals surface area contributed by atoms with Gasteiger partial charge in [-0.25, -0.2) is 9.18 Å². The lowest BCUT2D eigenvalue weighted by atomic mass is 10.0. The zero-order valence-corrected chi connectivity index (χ0v) is 30.1. The summed E-state index contributed by atoms with van der Waals surface area (Å²) in [5.41, 5.74) is 2.00. The fourth-order valence-electron chi connectivity index (χ4n) is 7.74. The Hall–Kier alpha value is -4.62. The molecule has 0 aliphatic carbocycles. The lowest BCUT2D eigenvalue weighted by molar-refractivity contribution is 0.0624. The van der Waals surface area contributed by atoms with Crippen LogP contribution in [0, 0.1) is 5.82 Å². The quantitative estimate of drug-likeness (QED) is 0.137. The number of hydrogen-bond acceptors (Lipinski definition) is 11. The van der Waals surface area contributed by atoms with E-state index in [1.165, 1.54) is 0 Å². The second-order valence-electron chi connectivity index (χ2n) is 14.3. The van der Waals surface area contributed by atoms with Gasteiger partial charge in [0.05, 0.1) is 5.39 Å². The summed E-state index contributed by atoms with van der Waals surface area (Å²) < 4.78 is 34.1. The van der Waals surface area contributed by atoms with Crippen molar-refractivity contribution < 1.29 is 23.4 Å². The minimum Gasteiger partial charge on any atom is -0.462 e. The first kappa shape index (κ1) is 34.5. The number of rotatable bonds is 9. The van der Waals surface area contributed by atoms with Crippen molar-refractivity contribution in [3.63, 3.8) is 0 Å². The number of piperazine rings is 1. The molecular weight excluding hydrogens is 685 g/mol. The Balaban J connectivity index is 1.02. The third-order valence-electron chi connectivity index (χ3n) is 10.2. The molecule has 5 heterocycles. The van der Waals surface area contributed by atoms with E-state index in [9.17, 15) is 4.79 Å². The maximum Gasteiger partial charge on any atom is 0.514 e. The number of halogens is 2. The van der Waals surface area contributed by atoms with E-state index >= 15 is 4.39 Å². The molecule has 270 valence electrons. The van der Waals surface area contributed by atoms with Crippen LogP contribution in [0.1, 0.15) is 24.8 Å². The van der Waals surface area contributed by atoms with Gasteiger partial charge in [-0.1, -0.05) is 54.1 Å². The predicted octanol–water partition coefficient (Wildman–Crippen LogP) is 6.31. The van der Waals surface area contributed by atoms with Crippen molar-refractivity contribution in [1.82, 2.24) is 30.1 Å². The standard InChI is InChI=1S/C39H41ClFN7O4/c1-46(2)18-23-10-14-28(15-11-23)51-39(49)52-29-16-27(47(3)21-29)22-50-38-44-36-31(37(45-38)48-19-25-12-13-26(20-48)43-25)17-42-35(34(36)41)30-8-4-6-24-7-5-9-32(40)33(24)30/h4-11,14-15,17,25-27,29,43H,12-13,16,18-22H2,1-3H3/t25?,26?,27?,29-/m1/s1. The first-order valence-corrected chi connectivity index (χ1v) is 18.1. The molecule has 5 aromatic rings. The average molecular weight is 726 g/mol. The van der Waals surface area contributed by atoms with Crippen molar-refractivity contribution in [2.75, 3.05) is 52.3 Å². The molecule has 2 bridgehead atoms. The maximum atomic E-state index is 16.8. The van der Waals surface area contributed by atoms with Gasteiger partial charge in [0.1, 0.15) is 35.5 Å². The Morgan fingerprint density at radius 1 is 1.02 bits per heavy atom. The number of pyridine rings is 1. The molecule has 3 aliphatic rings. The molecule has 11 nitrogen and oxygen atoms in total. The highest BCUT2D eigenvalue weighted by Gasteiger charge is 2.36. The van der Waals surface area contributed by atoms with Gasteiger partial charge in [-0.3, -0.25) is 9.88 Å². The molecule has 0 saturated carbocycles. The van der Waals surface area contributed by atoms with E-state index < -0.39 is 12.0 Å². The van der Waals surface area contributed by atoms with Crippen molar-refractivity contribution in [2.24, 2.45) is 0 Å². The smallest absolute Gasteiger partial charge is 0.462 e. The molecule has 0 amide bonds.